The van der Waals surface area contributed by atoms with E-state index in [4.69, 9.17) is 0 Å². The molecule has 0 saturated heterocycles. The number of pyridine rings is 1. The van der Waals surface area contributed by atoms with Crippen molar-refractivity contribution in [2.45, 2.75) is 47.6 Å². The number of thiazole rings is 1. The average Bonchev–Trinajstić information content (AvgIpc) is 2.99. The molecule has 156 valence electrons. The summed E-state index contributed by atoms with van der Waals surface area (Å²) in [7, 11) is 0. The van der Waals surface area contributed by atoms with Crippen LogP contribution in [-0.2, 0) is 13.0 Å². The number of hydrogen-bond donors (Lipinski definition) is 2. The Balaban J connectivity index is 0.00000392. The highest BCUT2D eigenvalue weighted by Crippen LogP contribution is 2.16. The van der Waals surface area contributed by atoms with Gasteiger partial charge in [-0.1, -0.05) is 6.07 Å². The molecular weight excluding hydrogens is 483 g/mol. The normalized spacial score (nSPS) is 11.1. The lowest BCUT2D eigenvalue weighted by atomic mass is 10.3. The minimum atomic E-state index is 0. The molecule has 0 fully saturated rings. The molecular formula is C20H33IN6S. The predicted molar refractivity (Wildman–Crippen MR) is 131 cm³/mol. The molecule has 0 aliphatic rings. The molecule has 6 nitrogen and oxygen atoms in total. The van der Waals surface area contributed by atoms with Crippen LogP contribution in [0.15, 0.2) is 23.3 Å². The summed E-state index contributed by atoms with van der Waals surface area (Å²) in [4.78, 5) is 17.4. The Morgan fingerprint density at radius 2 is 1.89 bits per heavy atom. The van der Waals surface area contributed by atoms with E-state index in [1.165, 1.54) is 9.88 Å². The highest BCUT2D eigenvalue weighted by Gasteiger charge is 2.05. The lowest BCUT2D eigenvalue weighted by molar-refractivity contribution is 0.794. The van der Waals surface area contributed by atoms with Crippen molar-refractivity contribution in [1.29, 1.82) is 0 Å². The van der Waals surface area contributed by atoms with Gasteiger partial charge in [0.05, 0.1) is 17.2 Å². The van der Waals surface area contributed by atoms with Crippen molar-refractivity contribution in [3.8, 4) is 0 Å². The molecule has 0 spiro atoms. The number of guanidine groups is 1. The van der Waals surface area contributed by atoms with Crippen LogP contribution in [0, 0.1) is 13.8 Å². The smallest absolute Gasteiger partial charge is 0.191 e. The quantitative estimate of drug-likeness (QED) is 0.301. The van der Waals surface area contributed by atoms with Gasteiger partial charge in [0.15, 0.2) is 5.96 Å². The Bertz CT molecular complexity index is 705. The largest absolute Gasteiger partial charge is 0.357 e. The monoisotopic (exact) mass is 516 g/mol. The Morgan fingerprint density at radius 1 is 1.14 bits per heavy atom. The Kier molecular flexibility index (Phi) is 11.4. The van der Waals surface area contributed by atoms with E-state index >= 15 is 0 Å². The zero-order valence-electron chi connectivity index (χ0n) is 17.6. The van der Waals surface area contributed by atoms with E-state index in [-0.39, 0.29) is 24.0 Å². The van der Waals surface area contributed by atoms with Crippen LogP contribution >= 0.6 is 35.3 Å². The van der Waals surface area contributed by atoms with Crippen LogP contribution in [0.5, 0.6) is 0 Å². The summed E-state index contributed by atoms with van der Waals surface area (Å²) < 4.78 is 0. The zero-order valence-corrected chi connectivity index (χ0v) is 20.7. The van der Waals surface area contributed by atoms with Gasteiger partial charge in [0, 0.05) is 43.7 Å². The molecule has 0 radical (unpaired) electrons. The Labute approximate surface area is 190 Å². The molecule has 0 saturated carbocycles. The van der Waals surface area contributed by atoms with Crippen molar-refractivity contribution in [3.63, 3.8) is 0 Å². The van der Waals surface area contributed by atoms with E-state index in [1.54, 1.807) is 11.3 Å². The minimum absolute atomic E-state index is 0. The maximum absolute atomic E-state index is 4.68. The molecule has 2 aromatic rings. The van der Waals surface area contributed by atoms with Gasteiger partial charge in [-0.2, -0.15) is 0 Å². The molecule has 2 N–H and O–H groups in total. The summed E-state index contributed by atoms with van der Waals surface area (Å²) >= 11 is 1.77. The molecule has 0 bridgehead atoms. The maximum Gasteiger partial charge on any atom is 0.191 e. The number of aromatic nitrogens is 2. The van der Waals surface area contributed by atoms with Crippen molar-refractivity contribution < 1.29 is 0 Å². The molecule has 0 aliphatic heterocycles. The lowest BCUT2D eigenvalue weighted by Crippen LogP contribution is -2.38. The van der Waals surface area contributed by atoms with Gasteiger partial charge in [-0.3, -0.25) is 0 Å². The number of rotatable bonds is 9. The fourth-order valence-corrected chi connectivity index (χ4v) is 3.62. The third-order valence-corrected chi connectivity index (χ3v) is 5.50. The van der Waals surface area contributed by atoms with Crippen LogP contribution in [0.4, 0.5) is 5.82 Å². The van der Waals surface area contributed by atoms with Gasteiger partial charge in [0.2, 0.25) is 0 Å². The second kappa shape index (κ2) is 12.9. The van der Waals surface area contributed by atoms with Crippen molar-refractivity contribution in [2.24, 2.45) is 4.99 Å². The van der Waals surface area contributed by atoms with Crippen molar-refractivity contribution >= 4 is 47.1 Å². The highest BCUT2D eigenvalue weighted by molar-refractivity contribution is 14.0. The summed E-state index contributed by atoms with van der Waals surface area (Å²) in [5.74, 6) is 1.85. The summed E-state index contributed by atoms with van der Waals surface area (Å²) in [6.45, 7) is 14.7. The van der Waals surface area contributed by atoms with E-state index in [0.29, 0.717) is 6.54 Å². The van der Waals surface area contributed by atoms with Gasteiger partial charge in [0.25, 0.3) is 0 Å². The lowest BCUT2D eigenvalue weighted by Gasteiger charge is -2.19. The van der Waals surface area contributed by atoms with Gasteiger partial charge in [-0.15, -0.1) is 35.3 Å². The van der Waals surface area contributed by atoms with Crippen LogP contribution in [0.2, 0.25) is 0 Å². The molecule has 28 heavy (non-hydrogen) atoms. The molecule has 0 unspecified atom stereocenters. The first-order valence-corrected chi connectivity index (χ1v) is 10.5. The fourth-order valence-electron chi connectivity index (χ4n) is 2.69. The van der Waals surface area contributed by atoms with Crippen molar-refractivity contribution in [2.75, 3.05) is 31.1 Å². The number of hydrogen-bond acceptors (Lipinski definition) is 5. The maximum atomic E-state index is 4.68. The summed E-state index contributed by atoms with van der Waals surface area (Å²) in [5.41, 5.74) is 2.24. The topological polar surface area (TPSA) is 65.4 Å². The molecule has 2 rings (SSSR count). The van der Waals surface area contributed by atoms with Gasteiger partial charge in [0.1, 0.15) is 5.82 Å². The second-order valence-electron chi connectivity index (χ2n) is 6.32. The first kappa shape index (κ1) is 24.6. The average molecular weight is 516 g/mol. The zero-order chi connectivity index (χ0) is 19.6. The summed E-state index contributed by atoms with van der Waals surface area (Å²) in [5, 5.41) is 7.86. The number of nitrogens with one attached hydrogen (secondary N) is 2. The summed E-state index contributed by atoms with van der Waals surface area (Å²) in [6.07, 6.45) is 2.83. The van der Waals surface area contributed by atoms with Crippen LogP contribution in [0.3, 0.4) is 0 Å². The van der Waals surface area contributed by atoms with Gasteiger partial charge in [-0.25, -0.2) is 15.0 Å². The Hall–Kier alpha value is -1.42. The van der Waals surface area contributed by atoms with Crippen molar-refractivity contribution in [3.05, 3.63) is 39.5 Å². The van der Waals surface area contributed by atoms with Crippen molar-refractivity contribution in [1.82, 2.24) is 20.6 Å². The third-order valence-electron chi connectivity index (χ3n) is 4.36. The van der Waals surface area contributed by atoms with Crippen LogP contribution in [0.25, 0.3) is 0 Å². The van der Waals surface area contributed by atoms with Gasteiger partial charge in [-0.05, 0) is 46.2 Å². The fraction of sp³-hybridized carbons (Fsp3) is 0.550. The second-order valence-corrected chi connectivity index (χ2v) is 7.61. The SMILES string of the molecule is CCNC(=NCc1ccc(N(CC)CC)nc1)NCCc1nc(C)c(C)s1.I. The molecule has 2 heterocycles. The van der Waals surface area contributed by atoms with E-state index in [0.717, 1.165) is 55.6 Å². The van der Waals surface area contributed by atoms with E-state index in [1.807, 2.05) is 6.20 Å². The first-order valence-electron chi connectivity index (χ1n) is 9.72. The standard InChI is InChI=1S/C20H32N6S.HI/c1-6-21-20(22-12-11-19-25-15(4)16(5)27-19)24-14-17-9-10-18(23-13-17)26(7-2)8-3;/h9-10,13H,6-8,11-12,14H2,1-5H3,(H2,21,22,24);1H. The number of aliphatic imine (C=N–C) groups is 1. The molecule has 0 amide bonds. The molecule has 0 aromatic carbocycles. The minimum Gasteiger partial charge on any atom is -0.357 e. The van der Waals surface area contributed by atoms with Crippen LogP contribution in [-0.4, -0.2) is 42.1 Å². The molecule has 0 atom stereocenters. The summed E-state index contributed by atoms with van der Waals surface area (Å²) in [6, 6.07) is 4.18. The first-order chi connectivity index (χ1) is 13.1. The van der Waals surface area contributed by atoms with E-state index < -0.39 is 0 Å². The van der Waals surface area contributed by atoms with Crippen LogP contribution in [0.1, 0.15) is 41.9 Å². The van der Waals surface area contributed by atoms with Gasteiger partial charge >= 0.3 is 0 Å². The number of nitrogens with zero attached hydrogens (tertiary/aromatic N) is 4. The van der Waals surface area contributed by atoms with Crippen LogP contribution < -0.4 is 15.5 Å². The number of aryl methyl sites for hydroxylation is 2. The molecule has 0 aliphatic carbocycles. The van der Waals surface area contributed by atoms with E-state index in [2.05, 4.69) is 77.2 Å². The number of anilines is 1. The van der Waals surface area contributed by atoms with E-state index in [9.17, 15) is 0 Å². The highest BCUT2D eigenvalue weighted by atomic mass is 127. The third kappa shape index (κ3) is 7.54. The Morgan fingerprint density at radius 3 is 2.43 bits per heavy atom. The predicted octanol–water partition coefficient (Wildman–Crippen LogP) is 3.92. The van der Waals surface area contributed by atoms with Gasteiger partial charge < -0.3 is 15.5 Å². The molecule has 2 aromatic heterocycles. The molecule has 8 heteroatoms. The number of halogens is 1.